The van der Waals surface area contributed by atoms with Crippen molar-refractivity contribution < 1.29 is 9.53 Å². The van der Waals surface area contributed by atoms with Gasteiger partial charge in [0.1, 0.15) is 11.6 Å². The largest absolute Gasteiger partial charge is 0.467 e. The number of thioether (sulfide) groups is 1. The SMILES string of the molecule is CSc1cccc(C(=O)N2CCC(Oc3nc4c(Cl)cccc4s3)CC2)c1. The lowest BCUT2D eigenvalue weighted by molar-refractivity contribution is 0.0595. The first-order valence-electron chi connectivity index (χ1n) is 8.79. The van der Waals surface area contributed by atoms with Crippen molar-refractivity contribution in [3.8, 4) is 5.19 Å². The Morgan fingerprint density at radius 1 is 1.26 bits per heavy atom. The number of fused-ring (bicyclic) bond motifs is 1. The van der Waals surface area contributed by atoms with Crippen molar-refractivity contribution in [3.05, 3.63) is 53.1 Å². The number of carbonyl (C=O) groups excluding carboxylic acids is 1. The van der Waals surface area contributed by atoms with Crippen LogP contribution in [0.3, 0.4) is 0 Å². The van der Waals surface area contributed by atoms with Gasteiger partial charge >= 0.3 is 0 Å². The van der Waals surface area contributed by atoms with Gasteiger partial charge in [-0.2, -0.15) is 0 Å². The molecule has 27 heavy (non-hydrogen) atoms. The molecule has 2 aromatic carbocycles. The molecule has 0 spiro atoms. The van der Waals surface area contributed by atoms with Crippen molar-refractivity contribution in [2.45, 2.75) is 23.8 Å². The normalized spacial score (nSPS) is 15.3. The number of ether oxygens (including phenoxy) is 1. The van der Waals surface area contributed by atoms with E-state index in [4.69, 9.17) is 16.3 Å². The fourth-order valence-corrected chi connectivity index (χ4v) is 4.84. The summed E-state index contributed by atoms with van der Waals surface area (Å²) in [5.74, 6) is 0.0936. The number of hydrogen-bond acceptors (Lipinski definition) is 5. The molecule has 0 aliphatic carbocycles. The van der Waals surface area contributed by atoms with Gasteiger partial charge in [-0.1, -0.05) is 35.1 Å². The Kier molecular flexibility index (Phi) is 5.57. The average Bonchev–Trinajstić information content (AvgIpc) is 3.12. The Morgan fingerprint density at radius 3 is 2.78 bits per heavy atom. The Bertz CT molecular complexity index is 968. The van der Waals surface area contributed by atoms with Gasteiger partial charge in [0.15, 0.2) is 0 Å². The summed E-state index contributed by atoms with van der Waals surface area (Å²) in [6, 6.07) is 13.6. The number of aromatic nitrogens is 1. The van der Waals surface area contributed by atoms with Crippen molar-refractivity contribution in [1.82, 2.24) is 9.88 Å². The highest BCUT2D eigenvalue weighted by atomic mass is 35.5. The fraction of sp³-hybridized carbons (Fsp3) is 0.300. The van der Waals surface area contributed by atoms with E-state index in [1.54, 1.807) is 11.8 Å². The van der Waals surface area contributed by atoms with E-state index in [-0.39, 0.29) is 12.0 Å². The molecule has 1 aliphatic rings. The fourth-order valence-electron chi connectivity index (χ4n) is 3.20. The highest BCUT2D eigenvalue weighted by Gasteiger charge is 2.25. The van der Waals surface area contributed by atoms with Gasteiger partial charge in [-0.15, -0.1) is 11.8 Å². The summed E-state index contributed by atoms with van der Waals surface area (Å²) < 4.78 is 7.10. The quantitative estimate of drug-likeness (QED) is 0.535. The summed E-state index contributed by atoms with van der Waals surface area (Å²) in [5, 5.41) is 1.29. The number of hydrogen-bond donors (Lipinski definition) is 0. The molecule has 0 N–H and O–H groups in total. The Balaban J connectivity index is 1.38. The lowest BCUT2D eigenvalue weighted by atomic mass is 10.1. The second-order valence-corrected chi connectivity index (χ2v) is 8.69. The Labute approximate surface area is 171 Å². The highest BCUT2D eigenvalue weighted by Crippen LogP contribution is 2.33. The molecule has 0 atom stereocenters. The predicted molar refractivity (Wildman–Crippen MR) is 112 cm³/mol. The van der Waals surface area contributed by atoms with Crippen LogP contribution in [-0.2, 0) is 0 Å². The van der Waals surface area contributed by atoms with E-state index in [1.807, 2.05) is 53.6 Å². The van der Waals surface area contributed by atoms with Gasteiger partial charge in [-0.3, -0.25) is 4.79 Å². The maximum absolute atomic E-state index is 12.7. The number of para-hydroxylation sites is 1. The number of halogens is 1. The van der Waals surface area contributed by atoms with E-state index in [1.165, 1.54) is 11.3 Å². The van der Waals surface area contributed by atoms with Crippen LogP contribution in [0, 0.1) is 0 Å². The third-order valence-electron chi connectivity index (χ3n) is 4.66. The lowest BCUT2D eigenvalue weighted by Gasteiger charge is -2.31. The van der Waals surface area contributed by atoms with Crippen molar-refractivity contribution in [3.63, 3.8) is 0 Å². The summed E-state index contributed by atoms with van der Waals surface area (Å²) in [6.07, 6.45) is 3.70. The number of piperidine rings is 1. The van der Waals surface area contributed by atoms with Crippen molar-refractivity contribution in [2.24, 2.45) is 0 Å². The van der Waals surface area contributed by atoms with Crippen LogP contribution < -0.4 is 4.74 Å². The van der Waals surface area contributed by atoms with Gasteiger partial charge in [-0.05, 0) is 36.6 Å². The van der Waals surface area contributed by atoms with E-state index in [0.29, 0.717) is 23.3 Å². The second kappa shape index (κ2) is 8.09. The molecule has 1 fully saturated rings. The number of thiazole rings is 1. The molecule has 0 unspecified atom stereocenters. The molecule has 1 saturated heterocycles. The lowest BCUT2D eigenvalue weighted by Crippen LogP contribution is -2.41. The Hall–Kier alpha value is -1.76. The first-order valence-corrected chi connectivity index (χ1v) is 11.2. The van der Waals surface area contributed by atoms with Crippen molar-refractivity contribution in [1.29, 1.82) is 0 Å². The molecule has 1 amide bonds. The molecule has 1 aromatic heterocycles. The number of nitrogens with zero attached hydrogens (tertiary/aromatic N) is 2. The molecule has 3 aromatic rings. The Morgan fingerprint density at radius 2 is 2.04 bits per heavy atom. The number of carbonyl (C=O) groups is 1. The number of rotatable bonds is 4. The summed E-state index contributed by atoms with van der Waals surface area (Å²) in [7, 11) is 0. The number of likely N-dealkylation sites (tertiary alicyclic amines) is 1. The molecule has 0 bridgehead atoms. The maximum Gasteiger partial charge on any atom is 0.274 e. The van der Waals surface area contributed by atoms with E-state index in [9.17, 15) is 4.79 Å². The number of amides is 1. The average molecular weight is 419 g/mol. The van der Waals surface area contributed by atoms with E-state index >= 15 is 0 Å². The van der Waals surface area contributed by atoms with Crippen LogP contribution in [0.4, 0.5) is 0 Å². The first kappa shape index (κ1) is 18.6. The first-order chi connectivity index (χ1) is 13.1. The molecule has 4 nitrogen and oxygen atoms in total. The zero-order valence-electron chi connectivity index (χ0n) is 14.9. The van der Waals surface area contributed by atoms with E-state index in [0.717, 1.165) is 33.5 Å². The molecule has 2 heterocycles. The standard InChI is InChI=1S/C20H19ClN2O2S2/c1-26-15-5-2-4-13(12-15)19(24)23-10-8-14(9-11-23)25-20-22-18-16(21)6-3-7-17(18)27-20/h2-7,12,14H,8-11H2,1H3. The minimum atomic E-state index is 0.0749. The highest BCUT2D eigenvalue weighted by molar-refractivity contribution is 7.98. The van der Waals surface area contributed by atoms with Crippen LogP contribution in [-0.4, -0.2) is 41.2 Å². The van der Waals surface area contributed by atoms with Gasteiger partial charge in [0.05, 0.1) is 9.72 Å². The zero-order valence-corrected chi connectivity index (χ0v) is 17.2. The molecular formula is C20H19ClN2O2S2. The van der Waals surface area contributed by atoms with Gasteiger partial charge in [0, 0.05) is 36.4 Å². The monoisotopic (exact) mass is 418 g/mol. The van der Waals surface area contributed by atoms with Gasteiger partial charge in [0.2, 0.25) is 0 Å². The molecule has 0 saturated carbocycles. The zero-order chi connectivity index (χ0) is 18.8. The maximum atomic E-state index is 12.7. The molecular weight excluding hydrogens is 400 g/mol. The van der Waals surface area contributed by atoms with Crippen LogP contribution in [0.15, 0.2) is 47.4 Å². The second-order valence-electron chi connectivity index (χ2n) is 6.41. The summed E-state index contributed by atoms with van der Waals surface area (Å²) in [4.78, 5) is 20.3. The summed E-state index contributed by atoms with van der Waals surface area (Å²) >= 11 is 9.35. The van der Waals surface area contributed by atoms with Crippen molar-refractivity contribution >= 4 is 50.8 Å². The van der Waals surface area contributed by atoms with Crippen LogP contribution in [0.25, 0.3) is 10.2 Å². The topological polar surface area (TPSA) is 42.4 Å². The van der Waals surface area contributed by atoms with Gasteiger partial charge in [-0.25, -0.2) is 4.98 Å². The van der Waals surface area contributed by atoms with Crippen LogP contribution in [0.1, 0.15) is 23.2 Å². The van der Waals surface area contributed by atoms with Crippen LogP contribution in [0.5, 0.6) is 5.19 Å². The number of benzene rings is 2. The minimum Gasteiger partial charge on any atom is -0.467 e. The summed E-state index contributed by atoms with van der Waals surface area (Å²) in [5.41, 5.74) is 1.54. The van der Waals surface area contributed by atoms with E-state index < -0.39 is 0 Å². The minimum absolute atomic E-state index is 0.0749. The molecule has 7 heteroatoms. The molecule has 140 valence electrons. The molecule has 0 radical (unpaired) electrons. The van der Waals surface area contributed by atoms with Gasteiger partial charge in [0.25, 0.3) is 11.1 Å². The third kappa shape index (κ3) is 4.08. The van der Waals surface area contributed by atoms with Crippen LogP contribution in [0.2, 0.25) is 5.02 Å². The van der Waals surface area contributed by atoms with E-state index in [2.05, 4.69) is 4.98 Å². The predicted octanol–water partition coefficient (Wildman–Crippen LogP) is 5.36. The third-order valence-corrected chi connectivity index (χ3v) is 6.61. The van der Waals surface area contributed by atoms with Crippen LogP contribution >= 0.6 is 34.7 Å². The molecule has 1 aliphatic heterocycles. The molecule has 4 rings (SSSR count). The van der Waals surface area contributed by atoms with Crippen molar-refractivity contribution in [2.75, 3.05) is 19.3 Å². The van der Waals surface area contributed by atoms with Gasteiger partial charge < -0.3 is 9.64 Å². The summed E-state index contributed by atoms with van der Waals surface area (Å²) in [6.45, 7) is 1.39. The smallest absolute Gasteiger partial charge is 0.274 e.